The van der Waals surface area contributed by atoms with Crippen LogP contribution in [0, 0.1) is 5.92 Å². The molecule has 1 nitrogen and oxygen atoms in total. The van der Waals surface area contributed by atoms with E-state index in [4.69, 9.17) is 0 Å². The van der Waals surface area contributed by atoms with Crippen LogP contribution in [0.5, 0.6) is 0 Å². The van der Waals surface area contributed by atoms with Gasteiger partial charge in [-0.3, -0.25) is 4.79 Å². The van der Waals surface area contributed by atoms with E-state index in [0.29, 0.717) is 5.78 Å². The van der Waals surface area contributed by atoms with Gasteiger partial charge in [-0.15, -0.1) is 0 Å². The van der Waals surface area contributed by atoms with E-state index in [1.165, 1.54) is 0 Å². The fourth-order valence-corrected chi connectivity index (χ4v) is 1.85. The van der Waals surface area contributed by atoms with Crippen molar-refractivity contribution in [3.05, 3.63) is 12.2 Å². The lowest BCUT2D eigenvalue weighted by atomic mass is 9.97. The molecule has 11 heavy (non-hydrogen) atoms. The van der Waals surface area contributed by atoms with Gasteiger partial charge in [0.05, 0.1) is 4.83 Å². The van der Waals surface area contributed by atoms with Crippen molar-refractivity contribution in [3.63, 3.8) is 0 Å². The fraction of sp³-hybridized carbons (Fsp3) is 0.667. The summed E-state index contributed by atoms with van der Waals surface area (Å²) in [7, 11) is 0. The molecule has 1 saturated carbocycles. The molecule has 2 atom stereocenters. The van der Waals surface area contributed by atoms with Crippen LogP contribution in [0.4, 0.5) is 0 Å². The predicted molar refractivity (Wildman–Crippen MR) is 49.9 cm³/mol. The summed E-state index contributed by atoms with van der Waals surface area (Å²) in [6.07, 6.45) is 3.18. The molecule has 0 amide bonds. The average Bonchev–Trinajstić information content (AvgIpc) is 2.33. The largest absolute Gasteiger partial charge is 0.298 e. The lowest BCUT2D eigenvalue weighted by Crippen LogP contribution is -2.19. The highest BCUT2D eigenvalue weighted by molar-refractivity contribution is 9.10. The Morgan fingerprint density at radius 1 is 1.82 bits per heavy atom. The summed E-state index contributed by atoms with van der Waals surface area (Å²) in [6, 6.07) is 0. The second-order valence-electron chi connectivity index (χ2n) is 3.12. The Balaban J connectivity index is 2.60. The number of halogens is 1. The van der Waals surface area contributed by atoms with Crippen LogP contribution >= 0.6 is 15.9 Å². The predicted octanol–water partition coefficient (Wildman–Crippen LogP) is 2.70. The number of rotatable bonds is 2. The van der Waals surface area contributed by atoms with E-state index in [1.807, 2.05) is 6.92 Å². The van der Waals surface area contributed by atoms with E-state index < -0.39 is 0 Å². The number of carbonyl (C=O) groups excluding carboxylic acids is 1. The van der Waals surface area contributed by atoms with Gasteiger partial charge in [0.25, 0.3) is 0 Å². The Morgan fingerprint density at radius 3 is 2.82 bits per heavy atom. The topological polar surface area (TPSA) is 17.1 Å². The number of alkyl halides is 1. The summed E-state index contributed by atoms with van der Waals surface area (Å²) in [5.74, 6) is 0.442. The molecule has 0 heterocycles. The van der Waals surface area contributed by atoms with Gasteiger partial charge in [-0.2, -0.15) is 0 Å². The Hall–Kier alpha value is -0.110. The second-order valence-corrected chi connectivity index (χ2v) is 4.49. The Labute approximate surface area is 76.0 Å². The van der Waals surface area contributed by atoms with Gasteiger partial charge in [0, 0.05) is 5.92 Å². The van der Waals surface area contributed by atoms with Crippen molar-refractivity contribution in [1.82, 2.24) is 0 Å². The van der Waals surface area contributed by atoms with Crippen LogP contribution in [0.15, 0.2) is 12.2 Å². The molecule has 1 aliphatic carbocycles. The van der Waals surface area contributed by atoms with Gasteiger partial charge in [-0.25, -0.2) is 0 Å². The Bertz CT molecular complexity index is 184. The molecule has 0 aliphatic heterocycles. The zero-order valence-electron chi connectivity index (χ0n) is 6.77. The SMILES string of the molecule is C=C1CCCC1C(=O)C(C)Br. The molecule has 0 aromatic carbocycles. The normalized spacial score (nSPS) is 27.1. The van der Waals surface area contributed by atoms with Gasteiger partial charge in [0.1, 0.15) is 0 Å². The third kappa shape index (κ3) is 1.92. The molecule has 0 aromatic rings. The molecule has 0 aromatic heterocycles. The average molecular weight is 217 g/mol. The molecule has 0 bridgehead atoms. The maximum atomic E-state index is 11.4. The first kappa shape index (κ1) is 8.98. The van der Waals surface area contributed by atoms with Crippen molar-refractivity contribution in [1.29, 1.82) is 0 Å². The van der Waals surface area contributed by atoms with Crippen LogP contribution in [-0.4, -0.2) is 10.6 Å². The number of ketones is 1. The molecule has 2 heteroatoms. The van der Waals surface area contributed by atoms with Gasteiger partial charge in [0.2, 0.25) is 0 Å². The first-order chi connectivity index (χ1) is 5.13. The van der Waals surface area contributed by atoms with Gasteiger partial charge >= 0.3 is 0 Å². The van der Waals surface area contributed by atoms with Gasteiger partial charge in [0.15, 0.2) is 5.78 Å². The van der Waals surface area contributed by atoms with E-state index in [1.54, 1.807) is 0 Å². The Kier molecular flexibility index (Phi) is 2.88. The van der Waals surface area contributed by atoms with Crippen molar-refractivity contribution in [3.8, 4) is 0 Å². The third-order valence-electron chi connectivity index (χ3n) is 2.22. The Morgan fingerprint density at radius 2 is 2.45 bits per heavy atom. The molecule has 0 N–H and O–H groups in total. The highest BCUT2D eigenvalue weighted by Gasteiger charge is 2.28. The van der Waals surface area contributed by atoms with Crippen LogP contribution in [-0.2, 0) is 4.79 Å². The molecular formula is C9H13BrO. The number of carbonyl (C=O) groups is 1. The van der Waals surface area contributed by atoms with Gasteiger partial charge in [-0.05, 0) is 26.2 Å². The minimum atomic E-state index is -0.0117. The first-order valence-electron chi connectivity index (χ1n) is 3.98. The lowest BCUT2D eigenvalue weighted by Gasteiger charge is -2.10. The highest BCUT2D eigenvalue weighted by atomic mass is 79.9. The summed E-state index contributed by atoms with van der Waals surface area (Å²) in [6.45, 7) is 5.78. The monoisotopic (exact) mass is 216 g/mol. The van der Waals surface area contributed by atoms with Crippen LogP contribution in [0.25, 0.3) is 0 Å². The van der Waals surface area contributed by atoms with Crippen molar-refractivity contribution in [2.24, 2.45) is 5.92 Å². The molecule has 0 spiro atoms. The van der Waals surface area contributed by atoms with Crippen molar-refractivity contribution in [2.45, 2.75) is 31.0 Å². The lowest BCUT2D eigenvalue weighted by molar-refractivity contribution is -0.120. The van der Waals surface area contributed by atoms with Crippen LogP contribution in [0.1, 0.15) is 26.2 Å². The first-order valence-corrected chi connectivity index (χ1v) is 4.90. The fourth-order valence-electron chi connectivity index (χ4n) is 1.53. The zero-order valence-corrected chi connectivity index (χ0v) is 8.36. The van der Waals surface area contributed by atoms with Crippen molar-refractivity contribution >= 4 is 21.7 Å². The van der Waals surface area contributed by atoms with Crippen molar-refractivity contribution in [2.75, 3.05) is 0 Å². The summed E-state index contributed by atoms with van der Waals surface area (Å²) < 4.78 is 0. The summed E-state index contributed by atoms with van der Waals surface area (Å²) in [4.78, 5) is 11.4. The minimum Gasteiger partial charge on any atom is -0.298 e. The van der Waals surface area contributed by atoms with E-state index in [2.05, 4.69) is 22.5 Å². The third-order valence-corrected chi connectivity index (χ3v) is 2.67. The molecular weight excluding hydrogens is 204 g/mol. The van der Waals surface area contributed by atoms with Gasteiger partial charge in [-0.1, -0.05) is 28.1 Å². The van der Waals surface area contributed by atoms with Crippen molar-refractivity contribution < 1.29 is 4.79 Å². The minimum absolute atomic E-state index is 0.0117. The van der Waals surface area contributed by atoms with E-state index >= 15 is 0 Å². The second kappa shape index (κ2) is 3.53. The summed E-state index contributed by atoms with van der Waals surface area (Å²) >= 11 is 3.29. The quantitative estimate of drug-likeness (QED) is 0.513. The maximum Gasteiger partial charge on any atom is 0.153 e. The van der Waals surface area contributed by atoms with E-state index in [9.17, 15) is 4.79 Å². The molecule has 2 unspecified atom stereocenters. The molecule has 0 radical (unpaired) electrons. The molecule has 1 fully saturated rings. The summed E-state index contributed by atoms with van der Waals surface area (Å²) in [5, 5.41) is 0. The molecule has 1 rings (SSSR count). The zero-order chi connectivity index (χ0) is 8.43. The van der Waals surface area contributed by atoms with Crippen LogP contribution in [0.2, 0.25) is 0 Å². The standard InChI is InChI=1S/C9H13BrO/c1-6-4-3-5-8(6)9(11)7(2)10/h7-8H,1,3-5H2,2H3. The number of hydrogen-bond donors (Lipinski definition) is 0. The van der Waals surface area contributed by atoms with Crippen LogP contribution in [0.3, 0.4) is 0 Å². The summed E-state index contributed by atoms with van der Waals surface area (Å²) in [5.41, 5.74) is 1.13. The molecule has 0 saturated heterocycles. The van der Waals surface area contributed by atoms with Crippen LogP contribution < -0.4 is 0 Å². The number of hydrogen-bond acceptors (Lipinski definition) is 1. The smallest absolute Gasteiger partial charge is 0.153 e. The highest BCUT2D eigenvalue weighted by Crippen LogP contribution is 2.31. The number of Topliss-reactive ketones (excluding diaryl/α,β-unsaturated/α-hetero) is 1. The number of allylic oxidation sites excluding steroid dienone is 1. The van der Waals surface area contributed by atoms with E-state index in [0.717, 1.165) is 24.8 Å². The van der Waals surface area contributed by atoms with Gasteiger partial charge < -0.3 is 0 Å². The molecule has 1 aliphatic rings. The molecule has 62 valence electrons. The van der Waals surface area contributed by atoms with E-state index in [-0.39, 0.29) is 10.7 Å². The maximum absolute atomic E-state index is 11.4.